The molecule has 0 aromatic carbocycles. The van der Waals surface area contributed by atoms with Crippen molar-refractivity contribution in [3.63, 3.8) is 0 Å². The molecule has 1 aliphatic heterocycles. The van der Waals surface area contributed by atoms with Crippen LogP contribution in [-0.2, 0) is 4.79 Å². The van der Waals surface area contributed by atoms with Crippen LogP contribution >= 0.6 is 0 Å². The summed E-state index contributed by atoms with van der Waals surface area (Å²) in [5, 5.41) is 2.77. The standard InChI is InChI=1S/C7H11NO/c1-2-3-6-4-7(9)8-5-6/h2,6H,1,3-5H2,(H,8,9). The number of amides is 1. The topological polar surface area (TPSA) is 29.1 Å². The molecule has 1 aliphatic rings. The Morgan fingerprint density at radius 2 is 2.67 bits per heavy atom. The molecule has 50 valence electrons. The average Bonchev–Trinajstić information content (AvgIpc) is 2.17. The predicted octanol–water partition coefficient (Wildman–Crippen LogP) is 0.699. The summed E-state index contributed by atoms with van der Waals surface area (Å²) in [6.45, 7) is 4.45. The fourth-order valence-corrected chi connectivity index (χ4v) is 1.07. The van der Waals surface area contributed by atoms with Gasteiger partial charge in [0.1, 0.15) is 0 Å². The van der Waals surface area contributed by atoms with Crippen LogP contribution in [0.25, 0.3) is 0 Å². The van der Waals surface area contributed by atoms with E-state index in [1.807, 2.05) is 6.08 Å². The van der Waals surface area contributed by atoms with E-state index in [0.717, 1.165) is 13.0 Å². The molecule has 1 heterocycles. The van der Waals surface area contributed by atoms with Crippen molar-refractivity contribution in [2.75, 3.05) is 6.54 Å². The SMILES string of the molecule is C=CCC1CNC(=O)C1. The lowest BCUT2D eigenvalue weighted by Crippen LogP contribution is -2.13. The van der Waals surface area contributed by atoms with Crippen molar-refractivity contribution in [3.8, 4) is 0 Å². The molecular weight excluding hydrogens is 114 g/mol. The number of rotatable bonds is 2. The van der Waals surface area contributed by atoms with Crippen LogP contribution in [0, 0.1) is 5.92 Å². The second-order valence-corrected chi connectivity index (χ2v) is 2.40. The summed E-state index contributed by atoms with van der Waals surface area (Å²) in [7, 11) is 0. The minimum Gasteiger partial charge on any atom is -0.356 e. The first-order valence-corrected chi connectivity index (χ1v) is 3.20. The van der Waals surface area contributed by atoms with E-state index >= 15 is 0 Å². The molecule has 2 nitrogen and oxygen atoms in total. The molecule has 2 heteroatoms. The van der Waals surface area contributed by atoms with Crippen molar-refractivity contribution in [2.24, 2.45) is 5.92 Å². The van der Waals surface area contributed by atoms with E-state index in [2.05, 4.69) is 11.9 Å². The van der Waals surface area contributed by atoms with Gasteiger partial charge in [-0.3, -0.25) is 4.79 Å². The Balaban J connectivity index is 2.29. The highest BCUT2D eigenvalue weighted by Crippen LogP contribution is 2.12. The molecule has 1 amide bonds. The van der Waals surface area contributed by atoms with Gasteiger partial charge in [0, 0.05) is 13.0 Å². The van der Waals surface area contributed by atoms with Crippen LogP contribution in [0.1, 0.15) is 12.8 Å². The van der Waals surface area contributed by atoms with Crippen LogP contribution in [-0.4, -0.2) is 12.5 Å². The van der Waals surface area contributed by atoms with Gasteiger partial charge in [-0.25, -0.2) is 0 Å². The van der Waals surface area contributed by atoms with E-state index < -0.39 is 0 Å². The Bertz CT molecular complexity index is 131. The summed E-state index contributed by atoms with van der Waals surface area (Å²) in [5.41, 5.74) is 0. The van der Waals surface area contributed by atoms with Crippen LogP contribution in [0.3, 0.4) is 0 Å². The molecule has 1 rings (SSSR count). The summed E-state index contributed by atoms with van der Waals surface area (Å²) >= 11 is 0. The van der Waals surface area contributed by atoms with E-state index in [1.54, 1.807) is 0 Å². The zero-order chi connectivity index (χ0) is 6.69. The van der Waals surface area contributed by atoms with Crippen LogP contribution in [0.5, 0.6) is 0 Å². The maximum atomic E-state index is 10.6. The van der Waals surface area contributed by atoms with Gasteiger partial charge in [-0.05, 0) is 12.3 Å². The largest absolute Gasteiger partial charge is 0.356 e. The molecule has 0 saturated carbocycles. The molecule has 1 unspecified atom stereocenters. The van der Waals surface area contributed by atoms with Crippen LogP contribution in [0.4, 0.5) is 0 Å². The molecule has 0 aromatic rings. The second-order valence-electron chi connectivity index (χ2n) is 2.40. The maximum Gasteiger partial charge on any atom is 0.220 e. The van der Waals surface area contributed by atoms with E-state index in [4.69, 9.17) is 0 Å². The lowest BCUT2D eigenvalue weighted by atomic mass is 10.1. The van der Waals surface area contributed by atoms with Gasteiger partial charge in [-0.15, -0.1) is 6.58 Å². The summed E-state index contributed by atoms with van der Waals surface area (Å²) in [4.78, 5) is 10.6. The third-order valence-corrected chi connectivity index (χ3v) is 1.56. The van der Waals surface area contributed by atoms with Gasteiger partial charge in [-0.1, -0.05) is 6.08 Å². The van der Waals surface area contributed by atoms with Crippen molar-refractivity contribution in [3.05, 3.63) is 12.7 Å². The first-order valence-electron chi connectivity index (χ1n) is 3.20. The molecule has 0 bridgehead atoms. The minimum atomic E-state index is 0.182. The van der Waals surface area contributed by atoms with Crippen molar-refractivity contribution >= 4 is 5.91 Å². The monoisotopic (exact) mass is 125 g/mol. The Labute approximate surface area is 54.9 Å². The summed E-state index contributed by atoms with van der Waals surface area (Å²) < 4.78 is 0. The third kappa shape index (κ3) is 1.56. The smallest absolute Gasteiger partial charge is 0.220 e. The summed E-state index contributed by atoms with van der Waals surface area (Å²) in [6.07, 6.45) is 3.51. The van der Waals surface area contributed by atoms with Crippen molar-refractivity contribution in [1.82, 2.24) is 5.32 Å². The number of hydrogen-bond donors (Lipinski definition) is 1. The molecule has 1 saturated heterocycles. The van der Waals surface area contributed by atoms with Gasteiger partial charge >= 0.3 is 0 Å². The Morgan fingerprint density at radius 1 is 1.89 bits per heavy atom. The van der Waals surface area contributed by atoms with E-state index in [1.165, 1.54) is 0 Å². The Morgan fingerprint density at radius 3 is 3.11 bits per heavy atom. The van der Waals surface area contributed by atoms with Gasteiger partial charge in [0.15, 0.2) is 0 Å². The normalized spacial score (nSPS) is 25.8. The van der Waals surface area contributed by atoms with Gasteiger partial charge in [0.05, 0.1) is 0 Å². The van der Waals surface area contributed by atoms with E-state index in [-0.39, 0.29) is 5.91 Å². The highest BCUT2D eigenvalue weighted by molar-refractivity contribution is 5.78. The first kappa shape index (κ1) is 6.33. The van der Waals surface area contributed by atoms with Gasteiger partial charge < -0.3 is 5.32 Å². The fourth-order valence-electron chi connectivity index (χ4n) is 1.07. The van der Waals surface area contributed by atoms with Crippen molar-refractivity contribution in [1.29, 1.82) is 0 Å². The highest BCUT2D eigenvalue weighted by Gasteiger charge is 2.19. The van der Waals surface area contributed by atoms with Crippen molar-refractivity contribution < 1.29 is 4.79 Å². The highest BCUT2D eigenvalue weighted by atomic mass is 16.1. The first-order chi connectivity index (χ1) is 4.33. The van der Waals surface area contributed by atoms with Crippen LogP contribution < -0.4 is 5.32 Å². The zero-order valence-corrected chi connectivity index (χ0v) is 5.39. The zero-order valence-electron chi connectivity index (χ0n) is 5.39. The third-order valence-electron chi connectivity index (χ3n) is 1.56. The maximum absolute atomic E-state index is 10.6. The molecule has 0 radical (unpaired) electrons. The Kier molecular flexibility index (Phi) is 1.88. The molecule has 9 heavy (non-hydrogen) atoms. The predicted molar refractivity (Wildman–Crippen MR) is 35.9 cm³/mol. The van der Waals surface area contributed by atoms with Crippen LogP contribution in [0.2, 0.25) is 0 Å². The van der Waals surface area contributed by atoms with E-state index in [9.17, 15) is 4.79 Å². The summed E-state index contributed by atoms with van der Waals surface area (Å²) in [5.74, 6) is 0.692. The number of carbonyl (C=O) groups is 1. The molecule has 0 aliphatic carbocycles. The number of hydrogen-bond acceptors (Lipinski definition) is 1. The molecule has 1 fully saturated rings. The number of nitrogens with one attached hydrogen (secondary N) is 1. The second kappa shape index (κ2) is 2.67. The van der Waals surface area contributed by atoms with Crippen LogP contribution in [0.15, 0.2) is 12.7 Å². The summed E-state index contributed by atoms with van der Waals surface area (Å²) in [6, 6.07) is 0. The van der Waals surface area contributed by atoms with Gasteiger partial charge in [0.25, 0.3) is 0 Å². The molecule has 0 spiro atoms. The fraction of sp³-hybridized carbons (Fsp3) is 0.571. The van der Waals surface area contributed by atoms with Crippen molar-refractivity contribution in [2.45, 2.75) is 12.8 Å². The number of carbonyl (C=O) groups excluding carboxylic acids is 1. The number of allylic oxidation sites excluding steroid dienone is 1. The van der Waals surface area contributed by atoms with Gasteiger partial charge in [-0.2, -0.15) is 0 Å². The lowest BCUT2D eigenvalue weighted by molar-refractivity contribution is -0.119. The molecule has 1 N–H and O–H groups in total. The Hall–Kier alpha value is -0.790. The average molecular weight is 125 g/mol. The molecular formula is C7H11NO. The minimum absolute atomic E-state index is 0.182. The lowest BCUT2D eigenvalue weighted by Gasteiger charge is -1.98. The molecule has 0 aromatic heterocycles. The van der Waals surface area contributed by atoms with Gasteiger partial charge in [0.2, 0.25) is 5.91 Å². The van der Waals surface area contributed by atoms with E-state index in [0.29, 0.717) is 12.3 Å². The quantitative estimate of drug-likeness (QED) is 0.541. The molecule has 1 atom stereocenters.